The highest BCUT2D eigenvalue weighted by Crippen LogP contribution is 2.04. The van der Waals surface area contributed by atoms with Gasteiger partial charge in [0.15, 0.2) is 0 Å². The third-order valence-corrected chi connectivity index (χ3v) is 2.58. The molecule has 0 aromatic carbocycles. The number of hydrogen-bond acceptors (Lipinski definition) is 4. The van der Waals surface area contributed by atoms with E-state index in [1.54, 1.807) is 11.9 Å². The summed E-state index contributed by atoms with van der Waals surface area (Å²) in [4.78, 5) is 23.4. The lowest BCUT2D eigenvalue weighted by atomic mass is 10.2. The maximum absolute atomic E-state index is 11.6. The zero-order valence-corrected chi connectivity index (χ0v) is 10.3. The fourth-order valence-electron chi connectivity index (χ4n) is 1.21. The molecule has 0 bridgehead atoms. The van der Waals surface area contributed by atoms with Gasteiger partial charge in [0.2, 0.25) is 5.91 Å². The topological polar surface area (TPSA) is 49.4 Å². The van der Waals surface area contributed by atoms with Crippen LogP contribution in [0.2, 0.25) is 0 Å². The van der Waals surface area contributed by atoms with Crippen molar-refractivity contribution in [2.45, 2.75) is 24.5 Å². The van der Waals surface area contributed by atoms with Crippen LogP contribution in [0.25, 0.3) is 0 Å². The lowest BCUT2D eigenvalue weighted by Gasteiger charge is -2.19. The Morgan fingerprint density at radius 2 is 2.20 bits per heavy atom. The van der Waals surface area contributed by atoms with Gasteiger partial charge in [-0.2, -0.15) is 12.6 Å². The normalized spacial score (nSPS) is 12.2. The molecule has 0 aromatic rings. The van der Waals surface area contributed by atoms with E-state index in [1.807, 2.05) is 7.05 Å². The zero-order chi connectivity index (χ0) is 11.7. The number of amides is 1. The Kier molecular flexibility index (Phi) is 8.41. The molecule has 0 aliphatic rings. The molecule has 0 aliphatic heterocycles. The average molecular weight is 232 g/mol. The molecule has 0 radical (unpaired) electrons. The van der Waals surface area contributed by atoms with E-state index in [2.05, 4.69) is 17.9 Å². The number of aldehydes is 1. The van der Waals surface area contributed by atoms with Gasteiger partial charge in [0.05, 0.1) is 5.25 Å². The van der Waals surface area contributed by atoms with Gasteiger partial charge in [-0.3, -0.25) is 4.79 Å². The quantitative estimate of drug-likeness (QED) is 0.360. The van der Waals surface area contributed by atoms with Crippen LogP contribution in [0.4, 0.5) is 0 Å². The Hall–Kier alpha value is -0.550. The van der Waals surface area contributed by atoms with Crippen molar-refractivity contribution in [3.05, 3.63) is 0 Å². The molecule has 1 atom stereocenters. The summed E-state index contributed by atoms with van der Waals surface area (Å²) in [6, 6.07) is 0. The van der Waals surface area contributed by atoms with Crippen LogP contribution in [0.1, 0.15) is 19.3 Å². The molecule has 1 amide bonds. The molecule has 4 nitrogen and oxygen atoms in total. The smallest absolute Gasteiger partial charge is 0.235 e. The van der Waals surface area contributed by atoms with Crippen LogP contribution < -0.4 is 5.32 Å². The fourth-order valence-corrected chi connectivity index (χ4v) is 1.49. The molecule has 0 spiro atoms. The predicted octanol–water partition coefficient (Wildman–Crippen LogP) is 0.332. The zero-order valence-electron chi connectivity index (χ0n) is 9.40. The van der Waals surface area contributed by atoms with Crippen LogP contribution in [0, 0.1) is 0 Å². The van der Waals surface area contributed by atoms with Crippen molar-refractivity contribution < 1.29 is 9.59 Å². The number of hydrogen-bond donors (Lipinski definition) is 2. The Labute approximate surface area is 96.8 Å². The van der Waals surface area contributed by atoms with Crippen molar-refractivity contribution in [2.75, 3.05) is 27.2 Å². The van der Waals surface area contributed by atoms with E-state index in [-0.39, 0.29) is 12.3 Å². The fraction of sp³-hybridized carbons (Fsp3) is 0.800. The molecule has 0 aliphatic carbocycles. The number of nitrogens with zero attached hydrogens (tertiary/aromatic N) is 1. The molecule has 0 heterocycles. The average Bonchev–Trinajstić information content (AvgIpc) is 2.23. The minimum atomic E-state index is -0.489. The molecular weight excluding hydrogens is 212 g/mol. The van der Waals surface area contributed by atoms with Crippen LogP contribution in [-0.4, -0.2) is 49.5 Å². The number of carbonyl (C=O) groups excluding carboxylic acids is 2. The molecule has 0 aromatic heterocycles. The van der Waals surface area contributed by atoms with E-state index in [4.69, 9.17) is 0 Å². The van der Waals surface area contributed by atoms with Crippen molar-refractivity contribution in [2.24, 2.45) is 0 Å². The number of unbranched alkanes of at least 4 members (excludes halogenated alkanes) is 1. The monoisotopic (exact) mass is 232 g/mol. The van der Waals surface area contributed by atoms with E-state index in [1.165, 1.54) is 0 Å². The summed E-state index contributed by atoms with van der Waals surface area (Å²) in [5, 5.41) is 2.56. The second-order valence-electron chi connectivity index (χ2n) is 3.49. The van der Waals surface area contributed by atoms with Gasteiger partial charge < -0.3 is 15.0 Å². The number of rotatable bonds is 8. The van der Waals surface area contributed by atoms with Crippen molar-refractivity contribution >= 4 is 24.8 Å². The van der Waals surface area contributed by atoms with E-state index in [0.29, 0.717) is 0 Å². The van der Waals surface area contributed by atoms with Crippen LogP contribution in [-0.2, 0) is 9.59 Å². The summed E-state index contributed by atoms with van der Waals surface area (Å²) in [6.07, 6.45) is 2.91. The SMILES string of the molecule is CNCCCCN(C)C(=O)C(S)CC=O. The highest BCUT2D eigenvalue weighted by molar-refractivity contribution is 7.81. The van der Waals surface area contributed by atoms with Crippen LogP contribution in [0.5, 0.6) is 0 Å². The number of thiol groups is 1. The minimum absolute atomic E-state index is 0.0742. The summed E-state index contributed by atoms with van der Waals surface area (Å²) < 4.78 is 0. The molecule has 0 saturated heterocycles. The van der Waals surface area contributed by atoms with Crippen LogP contribution in [0.3, 0.4) is 0 Å². The maximum Gasteiger partial charge on any atom is 0.235 e. The molecule has 0 saturated carbocycles. The van der Waals surface area contributed by atoms with Crippen LogP contribution >= 0.6 is 12.6 Å². The van der Waals surface area contributed by atoms with Crippen molar-refractivity contribution in [3.8, 4) is 0 Å². The molecule has 88 valence electrons. The second-order valence-corrected chi connectivity index (χ2v) is 4.11. The third kappa shape index (κ3) is 6.52. The van der Waals surface area contributed by atoms with E-state index in [9.17, 15) is 9.59 Å². The highest BCUT2D eigenvalue weighted by Gasteiger charge is 2.16. The molecule has 15 heavy (non-hydrogen) atoms. The second kappa shape index (κ2) is 8.73. The Morgan fingerprint density at radius 1 is 1.53 bits per heavy atom. The summed E-state index contributed by atoms with van der Waals surface area (Å²) in [7, 11) is 3.65. The van der Waals surface area contributed by atoms with Gasteiger partial charge in [-0.1, -0.05) is 0 Å². The molecule has 1 N–H and O–H groups in total. The Morgan fingerprint density at radius 3 is 2.73 bits per heavy atom. The number of nitrogens with one attached hydrogen (secondary N) is 1. The van der Waals surface area contributed by atoms with Gasteiger partial charge >= 0.3 is 0 Å². The van der Waals surface area contributed by atoms with Gasteiger partial charge in [0.1, 0.15) is 6.29 Å². The predicted molar refractivity (Wildman–Crippen MR) is 64.3 cm³/mol. The summed E-state index contributed by atoms with van der Waals surface area (Å²) >= 11 is 4.07. The highest BCUT2D eigenvalue weighted by atomic mass is 32.1. The van der Waals surface area contributed by atoms with Gasteiger partial charge in [-0.25, -0.2) is 0 Å². The first-order chi connectivity index (χ1) is 7.13. The van der Waals surface area contributed by atoms with E-state index in [0.717, 1.165) is 32.2 Å². The standard InChI is InChI=1S/C10H20N2O2S/c1-11-6-3-4-7-12(2)10(14)9(15)5-8-13/h8-9,11,15H,3-7H2,1-2H3. The maximum atomic E-state index is 11.6. The third-order valence-electron chi connectivity index (χ3n) is 2.15. The minimum Gasteiger partial charge on any atom is -0.345 e. The van der Waals surface area contributed by atoms with Gasteiger partial charge in [-0.15, -0.1) is 0 Å². The first kappa shape index (κ1) is 14.5. The van der Waals surface area contributed by atoms with Crippen molar-refractivity contribution in [1.82, 2.24) is 10.2 Å². The largest absolute Gasteiger partial charge is 0.345 e. The lowest BCUT2D eigenvalue weighted by molar-refractivity contribution is -0.130. The van der Waals surface area contributed by atoms with E-state index >= 15 is 0 Å². The lowest BCUT2D eigenvalue weighted by Crippen LogP contribution is -2.34. The van der Waals surface area contributed by atoms with E-state index < -0.39 is 5.25 Å². The molecular formula is C10H20N2O2S. The Balaban J connectivity index is 3.72. The summed E-state index contributed by atoms with van der Waals surface area (Å²) in [5.74, 6) is -0.0742. The first-order valence-corrected chi connectivity index (χ1v) is 5.66. The molecule has 5 heteroatoms. The van der Waals surface area contributed by atoms with Gasteiger partial charge in [-0.05, 0) is 26.4 Å². The van der Waals surface area contributed by atoms with Gasteiger partial charge in [0.25, 0.3) is 0 Å². The van der Waals surface area contributed by atoms with Crippen molar-refractivity contribution in [1.29, 1.82) is 0 Å². The summed E-state index contributed by atoms with van der Waals surface area (Å²) in [6.45, 7) is 1.68. The van der Waals surface area contributed by atoms with Gasteiger partial charge in [0, 0.05) is 20.0 Å². The first-order valence-electron chi connectivity index (χ1n) is 5.14. The number of carbonyl (C=O) groups is 2. The Bertz CT molecular complexity index is 200. The molecule has 0 fully saturated rings. The van der Waals surface area contributed by atoms with Crippen molar-refractivity contribution in [3.63, 3.8) is 0 Å². The molecule has 0 rings (SSSR count). The summed E-state index contributed by atoms with van der Waals surface area (Å²) in [5.41, 5.74) is 0. The van der Waals surface area contributed by atoms with Crippen LogP contribution in [0.15, 0.2) is 0 Å². The molecule has 1 unspecified atom stereocenters.